The van der Waals surface area contributed by atoms with Gasteiger partial charge in [-0.05, 0) is 25.3 Å². The summed E-state index contributed by atoms with van der Waals surface area (Å²) in [6.07, 6.45) is 5.79. The molecule has 0 radical (unpaired) electrons. The van der Waals surface area contributed by atoms with Crippen molar-refractivity contribution in [3.63, 3.8) is 0 Å². The van der Waals surface area contributed by atoms with Crippen molar-refractivity contribution in [1.29, 1.82) is 0 Å². The van der Waals surface area contributed by atoms with E-state index in [1.807, 2.05) is 18.2 Å². The summed E-state index contributed by atoms with van der Waals surface area (Å²) in [6.45, 7) is 1.28. The predicted molar refractivity (Wildman–Crippen MR) is 77.1 cm³/mol. The topological polar surface area (TPSA) is 53.7 Å². The highest BCUT2D eigenvalue weighted by Gasteiger charge is 2.43. The van der Waals surface area contributed by atoms with Crippen LogP contribution in [0.15, 0.2) is 18.2 Å². The van der Waals surface area contributed by atoms with Crippen LogP contribution in [0.2, 0.25) is 0 Å². The smallest absolute Gasteiger partial charge is 0.127 e. The van der Waals surface area contributed by atoms with Gasteiger partial charge in [0.1, 0.15) is 17.6 Å². The molecule has 2 N–H and O–H groups in total. The quantitative estimate of drug-likeness (QED) is 0.919. The van der Waals surface area contributed by atoms with E-state index in [1.54, 1.807) is 7.11 Å². The van der Waals surface area contributed by atoms with Gasteiger partial charge in [-0.15, -0.1) is 0 Å². The SMILES string of the molecule is COc1ccc(CN)c(OC2CCOC3(CCC3)C2)c1. The van der Waals surface area contributed by atoms with Gasteiger partial charge in [-0.3, -0.25) is 0 Å². The van der Waals surface area contributed by atoms with E-state index in [1.165, 1.54) is 19.3 Å². The first-order chi connectivity index (χ1) is 9.74. The molecule has 4 heteroatoms. The van der Waals surface area contributed by atoms with Gasteiger partial charge < -0.3 is 19.9 Å². The minimum atomic E-state index is 0.102. The molecule has 2 aliphatic rings. The summed E-state index contributed by atoms with van der Waals surface area (Å²) < 4.78 is 17.4. The van der Waals surface area contributed by atoms with Gasteiger partial charge in [0.2, 0.25) is 0 Å². The molecule has 1 heterocycles. The number of methoxy groups -OCH3 is 1. The monoisotopic (exact) mass is 277 g/mol. The lowest BCUT2D eigenvalue weighted by Gasteiger charge is -2.47. The van der Waals surface area contributed by atoms with Gasteiger partial charge in [-0.25, -0.2) is 0 Å². The number of nitrogens with two attached hydrogens (primary N) is 1. The number of hydrogen-bond donors (Lipinski definition) is 1. The van der Waals surface area contributed by atoms with E-state index in [0.29, 0.717) is 6.54 Å². The zero-order valence-corrected chi connectivity index (χ0v) is 12.1. The molecule has 0 aromatic heterocycles. The van der Waals surface area contributed by atoms with Crippen molar-refractivity contribution in [3.8, 4) is 11.5 Å². The average molecular weight is 277 g/mol. The van der Waals surface area contributed by atoms with Gasteiger partial charge in [-0.2, -0.15) is 0 Å². The molecule has 1 spiro atoms. The fourth-order valence-corrected chi connectivity index (χ4v) is 3.12. The molecule has 1 saturated carbocycles. The summed E-state index contributed by atoms with van der Waals surface area (Å²) in [4.78, 5) is 0. The number of ether oxygens (including phenoxy) is 3. The van der Waals surface area contributed by atoms with Crippen LogP contribution in [-0.4, -0.2) is 25.4 Å². The van der Waals surface area contributed by atoms with E-state index in [0.717, 1.165) is 36.5 Å². The van der Waals surface area contributed by atoms with E-state index in [2.05, 4.69) is 0 Å². The van der Waals surface area contributed by atoms with Crippen LogP contribution in [0.3, 0.4) is 0 Å². The van der Waals surface area contributed by atoms with E-state index in [4.69, 9.17) is 19.9 Å². The van der Waals surface area contributed by atoms with E-state index in [9.17, 15) is 0 Å². The molecule has 1 unspecified atom stereocenters. The van der Waals surface area contributed by atoms with Crippen molar-refractivity contribution in [1.82, 2.24) is 0 Å². The van der Waals surface area contributed by atoms with Crippen molar-refractivity contribution in [2.24, 2.45) is 5.73 Å². The number of benzene rings is 1. The summed E-state index contributed by atoms with van der Waals surface area (Å²) in [5.41, 5.74) is 6.92. The summed E-state index contributed by atoms with van der Waals surface area (Å²) >= 11 is 0. The summed E-state index contributed by atoms with van der Waals surface area (Å²) in [6, 6.07) is 5.84. The molecule has 1 atom stereocenters. The highest BCUT2D eigenvalue weighted by atomic mass is 16.5. The third kappa shape index (κ3) is 2.63. The molecule has 4 nitrogen and oxygen atoms in total. The second-order valence-corrected chi connectivity index (χ2v) is 5.80. The molecular weight excluding hydrogens is 254 g/mol. The molecule has 1 aliphatic heterocycles. The maximum atomic E-state index is 6.21. The first-order valence-corrected chi connectivity index (χ1v) is 7.42. The highest BCUT2D eigenvalue weighted by Crippen LogP contribution is 2.43. The maximum Gasteiger partial charge on any atom is 0.127 e. The van der Waals surface area contributed by atoms with Crippen LogP contribution in [0.4, 0.5) is 0 Å². The fraction of sp³-hybridized carbons (Fsp3) is 0.625. The third-order valence-electron chi connectivity index (χ3n) is 4.50. The largest absolute Gasteiger partial charge is 0.497 e. The van der Waals surface area contributed by atoms with Crippen LogP contribution < -0.4 is 15.2 Å². The van der Waals surface area contributed by atoms with Crippen LogP contribution in [0.5, 0.6) is 11.5 Å². The maximum absolute atomic E-state index is 6.21. The Balaban J connectivity index is 1.73. The van der Waals surface area contributed by atoms with Crippen molar-refractivity contribution in [2.45, 2.75) is 50.4 Å². The Morgan fingerprint density at radius 1 is 1.40 bits per heavy atom. The number of hydrogen-bond acceptors (Lipinski definition) is 4. The summed E-state index contributed by atoms with van der Waals surface area (Å²) in [5.74, 6) is 1.66. The van der Waals surface area contributed by atoms with Crippen molar-refractivity contribution in [2.75, 3.05) is 13.7 Å². The Bertz CT molecular complexity index is 471. The molecule has 2 fully saturated rings. The van der Waals surface area contributed by atoms with Crippen LogP contribution in [-0.2, 0) is 11.3 Å². The molecule has 0 bridgehead atoms. The van der Waals surface area contributed by atoms with Gasteiger partial charge in [0.15, 0.2) is 0 Å². The molecule has 1 saturated heterocycles. The lowest BCUT2D eigenvalue weighted by Crippen LogP contribution is -2.48. The van der Waals surface area contributed by atoms with E-state index in [-0.39, 0.29) is 11.7 Å². The Morgan fingerprint density at radius 2 is 2.25 bits per heavy atom. The zero-order valence-electron chi connectivity index (χ0n) is 12.1. The van der Waals surface area contributed by atoms with Crippen molar-refractivity contribution >= 4 is 0 Å². The average Bonchev–Trinajstić information content (AvgIpc) is 2.46. The van der Waals surface area contributed by atoms with Gasteiger partial charge in [0, 0.05) is 31.0 Å². The van der Waals surface area contributed by atoms with Gasteiger partial charge in [0.25, 0.3) is 0 Å². The highest BCUT2D eigenvalue weighted by molar-refractivity contribution is 5.40. The standard InChI is InChI=1S/C16H23NO3/c1-18-13-4-3-12(11-17)15(9-13)20-14-5-8-19-16(10-14)6-2-7-16/h3-4,9,14H,2,5-8,10-11,17H2,1H3. The molecule has 110 valence electrons. The van der Waals surface area contributed by atoms with Crippen LogP contribution in [0.25, 0.3) is 0 Å². The summed E-state index contributed by atoms with van der Waals surface area (Å²) in [5, 5.41) is 0. The first-order valence-electron chi connectivity index (χ1n) is 7.42. The van der Waals surface area contributed by atoms with Gasteiger partial charge in [0.05, 0.1) is 19.3 Å². The van der Waals surface area contributed by atoms with Crippen LogP contribution in [0, 0.1) is 0 Å². The Labute approximate surface area is 120 Å². The molecule has 20 heavy (non-hydrogen) atoms. The molecule has 1 aromatic rings. The van der Waals surface area contributed by atoms with Crippen molar-refractivity contribution < 1.29 is 14.2 Å². The van der Waals surface area contributed by atoms with Gasteiger partial charge >= 0.3 is 0 Å². The Kier molecular flexibility index (Phi) is 3.85. The zero-order chi connectivity index (χ0) is 14.0. The van der Waals surface area contributed by atoms with Gasteiger partial charge in [-0.1, -0.05) is 6.07 Å². The minimum Gasteiger partial charge on any atom is -0.497 e. The van der Waals surface area contributed by atoms with Crippen LogP contribution >= 0.6 is 0 Å². The lowest BCUT2D eigenvalue weighted by molar-refractivity contribution is -0.153. The molecule has 1 aromatic carbocycles. The molecule has 3 rings (SSSR count). The van der Waals surface area contributed by atoms with Crippen LogP contribution in [0.1, 0.15) is 37.7 Å². The molecule has 1 aliphatic carbocycles. The molecular formula is C16H23NO3. The minimum absolute atomic E-state index is 0.102. The second kappa shape index (κ2) is 5.62. The predicted octanol–water partition coefficient (Wildman–Crippen LogP) is 2.63. The number of rotatable bonds is 4. The van der Waals surface area contributed by atoms with E-state index < -0.39 is 0 Å². The fourth-order valence-electron chi connectivity index (χ4n) is 3.12. The first kappa shape index (κ1) is 13.7. The second-order valence-electron chi connectivity index (χ2n) is 5.80. The lowest BCUT2D eigenvalue weighted by atomic mass is 9.74. The molecule has 0 amide bonds. The summed E-state index contributed by atoms with van der Waals surface area (Å²) in [7, 11) is 1.67. The Hall–Kier alpha value is -1.26. The Morgan fingerprint density at radius 3 is 2.90 bits per heavy atom. The van der Waals surface area contributed by atoms with E-state index >= 15 is 0 Å². The van der Waals surface area contributed by atoms with Crippen molar-refractivity contribution in [3.05, 3.63) is 23.8 Å². The normalized spacial score (nSPS) is 24.2. The third-order valence-corrected chi connectivity index (χ3v) is 4.50.